The molecule has 0 N–H and O–H groups in total. The second-order valence-electron chi connectivity index (χ2n) is 6.50. The summed E-state index contributed by atoms with van der Waals surface area (Å²) < 4.78 is 0. The third-order valence-electron chi connectivity index (χ3n) is 4.82. The number of hydrogen-bond acceptors (Lipinski definition) is 1. The molecule has 1 aliphatic carbocycles. The highest BCUT2D eigenvalue weighted by molar-refractivity contribution is 5.81. The van der Waals surface area contributed by atoms with E-state index in [1.54, 1.807) is 0 Å². The van der Waals surface area contributed by atoms with Crippen molar-refractivity contribution >= 4 is 10.9 Å². The van der Waals surface area contributed by atoms with Crippen LogP contribution in [0.1, 0.15) is 42.7 Å². The number of para-hydroxylation sites is 1. The van der Waals surface area contributed by atoms with Crippen molar-refractivity contribution < 1.29 is 0 Å². The summed E-state index contributed by atoms with van der Waals surface area (Å²) in [5, 5.41) is 1.20. The number of fused-ring (bicyclic) bond motifs is 1. The molecule has 2 aromatic carbocycles. The second kappa shape index (κ2) is 5.57. The molecule has 0 aliphatic heterocycles. The van der Waals surface area contributed by atoms with Crippen molar-refractivity contribution in [2.75, 3.05) is 0 Å². The quantitative estimate of drug-likeness (QED) is 0.574. The van der Waals surface area contributed by atoms with Gasteiger partial charge in [0.05, 0.1) is 11.2 Å². The first kappa shape index (κ1) is 13.5. The summed E-state index contributed by atoms with van der Waals surface area (Å²) in [4.78, 5) is 4.85. The smallest absolute Gasteiger partial charge is 0.0709 e. The number of aromatic nitrogens is 1. The Bertz CT molecular complexity index is 813. The minimum Gasteiger partial charge on any atom is -0.248 e. The average molecular weight is 287 g/mol. The zero-order valence-electron chi connectivity index (χ0n) is 13.0. The van der Waals surface area contributed by atoms with Crippen LogP contribution in [0.4, 0.5) is 0 Å². The van der Waals surface area contributed by atoms with Gasteiger partial charge in [-0.15, -0.1) is 0 Å². The monoisotopic (exact) mass is 287 g/mol. The zero-order valence-corrected chi connectivity index (χ0v) is 13.0. The van der Waals surface area contributed by atoms with Gasteiger partial charge in [0.1, 0.15) is 0 Å². The van der Waals surface area contributed by atoms with Gasteiger partial charge in [0.15, 0.2) is 0 Å². The number of aryl methyl sites for hydroxylation is 1. The molecule has 0 atom stereocenters. The lowest BCUT2D eigenvalue weighted by Crippen LogP contribution is -1.95. The summed E-state index contributed by atoms with van der Waals surface area (Å²) in [5.74, 6) is 0.749. The molecule has 1 saturated carbocycles. The first-order valence-corrected chi connectivity index (χ1v) is 8.27. The molecule has 22 heavy (non-hydrogen) atoms. The molecule has 3 aromatic rings. The third-order valence-corrected chi connectivity index (χ3v) is 4.82. The van der Waals surface area contributed by atoms with Gasteiger partial charge < -0.3 is 0 Å². The number of benzene rings is 2. The number of hydrogen-bond donors (Lipinski definition) is 0. The molecule has 1 heteroatoms. The van der Waals surface area contributed by atoms with E-state index in [1.807, 2.05) is 0 Å². The summed E-state index contributed by atoms with van der Waals surface area (Å²) >= 11 is 0. The van der Waals surface area contributed by atoms with Gasteiger partial charge in [-0.3, -0.25) is 0 Å². The normalized spacial score (nSPS) is 15.5. The summed E-state index contributed by atoms with van der Waals surface area (Å²) in [5.41, 5.74) is 6.26. The van der Waals surface area contributed by atoms with E-state index < -0.39 is 0 Å². The Labute approximate surface area is 132 Å². The van der Waals surface area contributed by atoms with Gasteiger partial charge in [-0.1, -0.05) is 48.7 Å². The average Bonchev–Trinajstić information content (AvgIpc) is 3.08. The lowest BCUT2D eigenvalue weighted by Gasteiger charge is -2.13. The molecule has 4 rings (SSSR count). The van der Waals surface area contributed by atoms with E-state index in [2.05, 4.69) is 61.5 Å². The van der Waals surface area contributed by atoms with Crippen LogP contribution in [0.3, 0.4) is 0 Å². The Morgan fingerprint density at radius 2 is 1.73 bits per heavy atom. The van der Waals surface area contributed by atoms with Crippen LogP contribution >= 0.6 is 0 Å². The maximum Gasteiger partial charge on any atom is 0.0709 e. The molecule has 0 saturated heterocycles. The van der Waals surface area contributed by atoms with Gasteiger partial charge in [0, 0.05) is 10.9 Å². The highest BCUT2D eigenvalue weighted by Gasteiger charge is 2.18. The lowest BCUT2D eigenvalue weighted by molar-refractivity contribution is 0.723. The third kappa shape index (κ3) is 2.52. The molecular formula is C21H21N. The van der Waals surface area contributed by atoms with E-state index in [9.17, 15) is 0 Å². The van der Waals surface area contributed by atoms with Crippen molar-refractivity contribution in [2.45, 2.75) is 38.5 Å². The maximum atomic E-state index is 4.85. The molecule has 0 spiro atoms. The van der Waals surface area contributed by atoms with Gasteiger partial charge in [0.2, 0.25) is 0 Å². The zero-order chi connectivity index (χ0) is 14.9. The molecule has 1 aromatic heterocycles. The van der Waals surface area contributed by atoms with Crippen LogP contribution in [0, 0.1) is 6.92 Å². The Kier molecular flexibility index (Phi) is 3.42. The topological polar surface area (TPSA) is 12.9 Å². The predicted octanol–water partition coefficient (Wildman–Crippen LogP) is 5.87. The van der Waals surface area contributed by atoms with Crippen molar-refractivity contribution in [1.82, 2.24) is 4.98 Å². The summed E-state index contributed by atoms with van der Waals surface area (Å²) in [6.07, 6.45) is 5.44. The van der Waals surface area contributed by atoms with Gasteiger partial charge in [0.25, 0.3) is 0 Å². The molecule has 1 fully saturated rings. The van der Waals surface area contributed by atoms with E-state index >= 15 is 0 Å². The second-order valence-corrected chi connectivity index (χ2v) is 6.50. The fraction of sp³-hybridized carbons (Fsp3) is 0.286. The molecule has 1 heterocycles. The summed E-state index contributed by atoms with van der Waals surface area (Å²) in [6.45, 7) is 2.20. The van der Waals surface area contributed by atoms with Crippen LogP contribution in [0.15, 0.2) is 54.6 Å². The number of pyridine rings is 1. The Morgan fingerprint density at radius 3 is 2.59 bits per heavy atom. The largest absolute Gasteiger partial charge is 0.248 e. The van der Waals surface area contributed by atoms with Crippen LogP contribution in [0.5, 0.6) is 0 Å². The molecule has 1 aliphatic rings. The SMILES string of the molecule is Cc1cc(-c2ccc3ccccc3n2)cc(C2CCCC2)c1. The van der Waals surface area contributed by atoms with Gasteiger partial charge in [-0.05, 0) is 55.5 Å². The fourth-order valence-electron chi connectivity index (χ4n) is 3.68. The minimum atomic E-state index is 0.749. The van der Waals surface area contributed by atoms with Crippen molar-refractivity contribution in [3.63, 3.8) is 0 Å². The van der Waals surface area contributed by atoms with E-state index in [-0.39, 0.29) is 0 Å². The van der Waals surface area contributed by atoms with Crippen LogP contribution in [0.25, 0.3) is 22.2 Å². The van der Waals surface area contributed by atoms with E-state index in [0.29, 0.717) is 0 Å². The highest BCUT2D eigenvalue weighted by Crippen LogP contribution is 2.36. The van der Waals surface area contributed by atoms with Crippen molar-refractivity contribution in [3.8, 4) is 11.3 Å². The van der Waals surface area contributed by atoms with Crippen molar-refractivity contribution in [2.24, 2.45) is 0 Å². The molecule has 0 bridgehead atoms. The van der Waals surface area contributed by atoms with Crippen molar-refractivity contribution in [3.05, 3.63) is 65.7 Å². The van der Waals surface area contributed by atoms with E-state index in [1.165, 1.54) is 47.8 Å². The molecule has 110 valence electrons. The minimum absolute atomic E-state index is 0.749. The number of rotatable bonds is 2. The fourth-order valence-corrected chi connectivity index (χ4v) is 3.68. The molecule has 1 nitrogen and oxygen atoms in total. The summed E-state index contributed by atoms with van der Waals surface area (Å²) in [7, 11) is 0. The van der Waals surface area contributed by atoms with Gasteiger partial charge in [-0.2, -0.15) is 0 Å². The van der Waals surface area contributed by atoms with Crippen LogP contribution in [-0.2, 0) is 0 Å². The standard InChI is InChI=1S/C21H21N/c1-15-12-18(16-6-2-3-7-16)14-19(13-15)21-11-10-17-8-4-5-9-20(17)22-21/h4-5,8-14,16H,2-3,6-7H2,1H3. The first-order chi connectivity index (χ1) is 10.8. The highest BCUT2D eigenvalue weighted by atomic mass is 14.7. The van der Waals surface area contributed by atoms with E-state index in [0.717, 1.165) is 17.1 Å². The van der Waals surface area contributed by atoms with E-state index in [4.69, 9.17) is 4.98 Å². The molecule has 0 unspecified atom stereocenters. The lowest BCUT2D eigenvalue weighted by atomic mass is 9.93. The summed E-state index contributed by atoms with van der Waals surface area (Å²) in [6, 6.07) is 19.6. The van der Waals surface area contributed by atoms with Crippen LogP contribution < -0.4 is 0 Å². The maximum absolute atomic E-state index is 4.85. The molecular weight excluding hydrogens is 266 g/mol. The first-order valence-electron chi connectivity index (χ1n) is 8.27. The Balaban J connectivity index is 1.79. The molecule has 0 radical (unpaired) electrons. The van der Waals surface area contributed by atoms with Crippen LogP contribution in [0.2, 0.25) is 0 Å². The Hall–Kier alpha value is -2.15. The number of nitrogens with zero attached hydrogens (tertiary/aromatic N) is 1. The molecule has 0 amide bonds. The predicted molar refractivity (Wildman–Crippen MR) is 93.1 cm³/mol. The van der Waals surface area contributed by atoms with Crippen LogP contribution in [-0.4, -0.2) is 4.98 Å². The Morgan fingerprint density at radius 1 is 0.909 bits per heavy atom. The van der Waals surface area contributed by atoms with Crippen molar-refractivity contribution in [1.29, 1.82) is 0 Å². The van der Waals surface area contributed by atoms with Gasteiger partial charge in [-0.25, -0.2) is 4.98 Å². The van der Waals surface area contributed by atoms with Gasteiger partial charge >= 0.3 is 0 Å².